The first-order valence-electron chi connectivity index (χ1n) is 14.2. The number of carboxylic acids is 1. The first-order chi connectivity index (χ1) is 22.2. The van der Waals surface area contributed by atoms with Crippen LogP contribution in [-0.4, -0.2) is 64.1 Å². The Hall–Kier alpha value is -6.15. The van der Waals surface area contributed by atoms with Gasteiger partial charge in [0.15, 0.2) is 11.4 Å². The molecule has 3 aromatic carbocycles. The number of carbonyl (C=O) groups is 5. The number of aliphatic carboxylic acids is 1. The van der Waals surface area contributed by atoms with E-state index in [1.807, 2.05) is 0 Å². The molecule has 0 aliphatic carbocycles. The van der Waals surface area contributed by atoms with Crippen molar-refractivity contribution in [1.82, 2.24) is 10.1 Å². The number of carbonyl (C=O) groups excluding carboxylic acids is 4. The lowest BCUT2D eigenvalue weighted by Gasteiger charge is -2.35. The SMILES string of the molecule is O=C(O)C[C@@H](C(=O)Nc1ccc2c(N3C(=O)c4ccccc4C3=O)noc2c1)[C@H]1OCCN(c2ccc3ccc(=O)[nH]c3c2)C1=O. The molecule has 0 spiro atoms. The summed E-state index contributed by atoms with van der Waals surface area (Å²) in [6, 6.07) is 18.9. The van der Waals surface area contributed by atoms with E-state index >= 15 is 0 Å². The number of anilines is 3. The summed E-state index contributed by atoms with van der Waals surface area (Å²) in [7, 11) is 0. The lowest BCUT2D eigenvalue weighted by Crippen LogP contribution is -2.53. The predicted molar refractivity (Wildman–Crippen MR) is 163 cm³/mol. The van der Waals surface area contributed by atoms with Crippen LogP contribution in [0.3, 0.4) is 0 Å². The summed E-state index contributed by atoms with van der Waals surface area (Å²) in [6.07, 6.45) is -2.11. The highest BCUT2D eigenvalue weighted by Gasteiger charge is 2.42. The van der Waals surface area contributed by atoms with Crippen molar-refractivity contribution in [3.8, 4) is 0 Å². The first kappa shape index (κ1) is 28.6. The van der Waals surface area contributed by atoms with E-state index < -0.39 is 48.0 Å². The molecule has 1 saturated heterocycles. The number of hydrogen-bond donors (Lipinski definition) is 3. The van der Waals surface area contributed by atoms with Crippen molar-refractivity contribution in [3.05, 3.63) is 94.3 Å². The second kappa shape index (κ2) is 11.1. The van der Waals surface area contributed by atoms with E-state index in [-0.39, 0.29) is 46.9 Å². The molecule has 1 fully saturated rings. The van der Waals surface area contributed by atoms with Gasteiger partial charge in [0, 0.05) is 30.1 Å². The number of rotatable bonds is 7. The van der Waals surface area contributed by atoms with Gasteiger partial charge >= 0.3 is 5.97 Å². The van der Waals surface area contributed by atoms with Crippen LogP contribution in [0.25, 0.3) is 21.9 Å². The van der Waals surface area contributed by atoms with Crippen molar-refractivity contribution in [2.75, 3.05) is 28.3 Å². The van der Waals surface area contributed by atoms with E-state index in [4.69, 9.17) is 9.26 Å². The predicted octanol–water partition coefficient (Wildman–Crippen LogP) is 2.93. The topological polar surface area (TPSA) is 192 Å². The molecule has 2 aliphatic rings. The van der Waals surface area contributed by atoms with Crippen LogP contribution >= 0.6 is 0 Å². The normalized spacial score (nSPS) is 17.0. The van der Waals surface area contributed by atoms with Gasteiger partial charge in [-0.05, 0) is 47.9 Å². The Labute approximate surface area is 258 Å². The van der Waals surface area contributed by atoms with Crippen molar-refractivity contribution in [2.24, 2.45) is 5.92 Å². The molecule has 230 valence electrons. The third-order valence-corrected chi connectivity index (χ3v) is 7.97. The number of amides is 4. The molecule has 4 amide bonds. The van der Waals surface area contributed by atoms with E-state index in [9.17, 15) is 33.9 Å². The first-order valence-corrected chi connectivity index (χ1v) is 14.2. The minimum absolute atomic E-state index is 0.0121. The summed E-state index contributed by atoms with van der Waals surface area (Å²) in [5, 5.41) is 17.3. The molecule has 7 rings (SSSR count). The molecule has 2 atom stereocenters. The lowest BCUT2D eigenvalue weighted by molar-refractivity contribution is -0.149. The summed E-state index contributed by atoms with van der Waals surface area (Å²) in [5.41, 5.74) is 1.47. The Bertz CT molecular complexity index is 2140. The van der Waals surface area contributed by atoms with Crippen LogP contribution < -0.4 is 20.7 Å². The summed E-state index contributed by atoms with van der Waals surface area (Å²) < 4.78 is 11.1. The van der Waals surface area contributed by atoms with Gasteiger partial charge in [-0.1, -0.05) is 23.4 Å². The van der Waals surface area contributed by atoms with Gasteiger partial charge in [-0.2, -0.15) is 0 Å². The molecule has 14 nitrogen and oxygen atoms in total. The van der Waals surface area contributed by atoms with E-state index in [2.05, 4.69) is 15.5 Å². The number of fused-ring (bicyclic) bond motifs is 3. The summed E-state index contributed by atoms with van der Waals surface area (Å²) in [5.74, 6) is -5.23. The number of pyridine rings is 1. The number of imide groups is 1. The largest absolute Gasteiger partial charge is 0.481 e. The Balaban J connectivity index is 1.13. The number of carboxylic acid groups (broad SMARTS) is 1. The number of nitrogens with one attached hydrogen (secondary N) is 2. The standard InChI is InChI=1S/C32H23N5O9/c38-25-10-6-16-5-8-18(14-23(16)34-25)36-11-12-45-27(32(36)44)22(15-26(39)40)29(41)33-17-7-9-21-24(13-17)46-35-28(21)37-30(42)19-3-1-2-4-20(19)31(37)43/h1-10,13-14,22,27H,11-12,15H2,(H,33,41)(H,34,38)(H,39,40)/t22-,27-/m1/s1. The van der Waals surface area contributed by atoms with Gasteiger partial charge in [0.25, 0.3) is 17.7 Å². The van der Waals surface area contributed by atoms with Gasteiger partial charge in [0.2, 0.25) is 11.5 Å². The molecular formula is C32H23N5O9. The Morgan fingerprint density at radius 2 is 1.72 bits per heavy atom. The Morgan fingerprint density at radius 1 is 0.978 bits per heavy atom. The van der Waals surface area contributed by atoms with Crippen molar-refractivity contribution in [1.29, 1.82) is 0 Å². The van der Waals surface area contributed by atoms with Crippen LogP contribution in [0, 0.1) is 5.92 Å². The number of morpholine rings is 1. The van der Waals surface area contributed by atoms with Crippen molar-refractivity contribution in [2.45, 2.75) is 12.5 Å². The van der Waals surface area contributed by atoms with Crippen LogP contribution in [0.1, 0.15) is 27.1 Å². The fourth-order valence-electron chi connectivity index (χ4n) is 5.76. The monoisotopic (exact) mass is 621 g/mol. The minimum atomic E-state index is -1.41. The van der Waals surface area contributed by atoms with Gasteiger partial charge < -0.3 is 29.6 Å². The molecule has 2 aromatic heterocycles. The smallest absolute Gasteiger partial charge is 0.304 e. The van der Waals surface area contributed by atoms with E-state index in [0.717, 1.165) is 10.3 Å². The zero-order chi connectivity index (χ0) is 32.1. The van der Waals surface area contributed by atoms with Crippen molar-refractivity contribution >= 4 is 68.7 Å². The number of ether oxygens (including phenoxy) is 1. The average molecular weight is 622 g/mol. The maximum atomic E-state index is 13.6. The summed E-state index contributed by atoms with van der Waals surface area (Å²) >= 11 is 0. The molecule has 0 bridgehead atoms. The molecule has 4 heterocycles. The second-order valence-corrected chi connectivity index (χ2v) is 10.8. The number of H-pyrrole nitrogens is 1. The molecule has 0 unspecified atom stereocenters. The molecule has 0 radical (unpaired) electrons. The van der Waals surface area contributed by atoms with Crippen LogP contribution in [-0.2, 0) is 19.1 Å². The zero-order valence-corrected chi connectivity index (χ0v) is 23.8. The second-order valence-electron chi connectivity index (χ2n) is 10.8. The van der Waals surface area contributed by atoms with Crippen molar-refractivity contribution in [3.63, 3.8) is 0 Å². The van der Waals surface area contributed by atoms with E-state index in [1.165, 1.54) is 29.2 Å². The molecular weight excluding hydrogens is 598 g/mol. The fourth-order valence-corrected chi connectivity index (χ4v) is 5.76. The van der Waals surface area contributed by atoms with Crippen LogP contribution in [0.5, 0.6) is 0 Å². The maximum absolute atomic E-state index is 13.6. The number of nitrogens with zero attached hydrogens (tertiary/aromatic N) is 3. The maximum Gasteiger partial charge on any atom is 0.304 e. The highest BCUT2D eigenvalue weighted by Crippen LogP contribution is 2.34. The van der Waals surface area contributed by atoms with Crippen LogP contribution in [0.2, 0.25) is 0 Å². The molecule has 0 saturated carbocycles. The number of aromatic amines is 1. The molecule has 2 aliphatic heterocycles. The molecule has 14 heteroatoms. The minimum Gasteiger partial charge on any atom is -0.481 e. The van der Waals surface area contributed by atoms with E-state index in [1.54, 1.807) is 48.5 Å². The van der Waals surface area contributed by atoms with Gasteiger partial charge in [0.1, 0.15) is 6.10 Å². The molecule has 5 aromatic rings. The third-order valence-electron chi connectivity index (χ3n) is 7.97. The highest BCUT2D eigenvalue weighted by atomic mass is 16.5. The van der Waals surface area contributed by atoms with Crippen LogP contribution in [0.15, 0.2) is 82.1 Å². The number of hydrogen-bond acceptors (Lipinski definition) is 9. The third kappa shape index (κ3) is 4.86. The number of aromatic nitrogens is 2. The van der Waals surface area contributed by atoms with Gasteiger partial charge in [0.05, 0.1) is 41.0 Å². The molecule has 46 heavy (non-hydrogen) atoms. The van der Waals surface area contributed by atoms with E-state index in [0.29, 0.717) is 16.6 Å². The highest BCUT2D eigenvalue weighted by molar-refractivity contribution is 6.35. The Kier molecular flexibility index (Phi) is 6.90. The quantitative estimate of drug-likeness (QED) is 0.228. The molecule has 3 N–H and O–H groups in total. The lowest BCUT2D eigenvalue weighted by atomic mass is 9.94. The van der Waals surface area contributed by atoms with Crippen molar-refractivity contribution < 1.29 is 38.3 Å². The van der Waals surface area contributed by atoms with Gasteiger partial charge in [-0.3, -0.25) is 28.8 Å². The summed E-state index contributed by atoms with van der Waals surface area (Å²) in [4.78, 5) is 81.7. The number of benzene rings is 3. The van der Waals surface area contributed by atoms with Gasteiger partial charge in [-0.25, -0.2) is 4.90 Å². The average Bonchev–Trinajstić information content (AvgIpc) is 3.56. The summed E-state index contributed by atoms with van der Waals surface area (Å²) in [6.45, 7) is 0.185. The zero-order valence-electron chi connectivity index (χ0n) is 23.8. The Morgan fingerprint density at radius 3 is 2.46 bits per heavy atom. The van der Waals surface area contributed by atoms with Gasteiger partial charge in [-0.15, -0.1) is 0 Å². The van der Waals surface area contributed by atoms with Crippen LogP contribution in [0.4, 0.5) is 17.2 Å². The fraction of sp³-hybridized carbons (Fsp3) is 0.156.